The molecule has 0 amide bonds. The molecule has 2 rings (SSSR count). The van der Waals surface area contributed by atoms with Crippen LogP contribution in [0.4, 0.5) is 5.82 Å². The van der Waals surface area contributed by atoms with Crippen LogP contribution in [0.25, 0.3) is 11.1 Å². The number of aromatic nitrogens is 1. The Labute approximate surface area is 129 Å². The lowest BCUT2D eigenvalue weighted by atomic mass is 10.1. The fourth-order valence-corrected chi connectivity index (χ4v) is 5.59. The van der Waals surface area contributed by atoms with Crippen molar-refractivity contribution >= 4 is 13.9 Å². The molecule has 2 aromatic rings. The summed E-state index contributed by atoms with van der Waals surface area (Å²) in [6, 6.07) is 18.7. The van der Waals surface area contributed by atoms with Crippen molar-refractivity contribution in [1.82, 2.24) is 4.98 Å². The molecule has 0 radical (unpaired) electrons. The monoisotopic (exact) mass is 298 g/mol. The molecule has 112 valence electrons. The second-order valence-electron chi connectivity index (χ2n) is 5.68. The highest BCUT2D eigenvalue weighted by Gasteiger charge is 2.26. The lowest BCUT2D eigenvalue weighted by Gasteiger charge is -2.28. The number of nitrogens with one attached hydrogen (secondary N) is 1. The second kappa shape index (κ2) is 7.41. The van der Waals surface area contributed by atoms with Gasteiger partial charge in [-0.05, 0) is 17.7 Å². The molecular weight excluding hydrogens is 272 g/mol. The number of benzene rings is 1. The van der Waals surface area contributed by atoms with Gasteiger partial charge < -0.3 is 5.32 Å². The molecule has 0 fully saturated rings. The van der Waals surface area contributed by atoms with Crippen LogP contribution in [0.2, 0.25) is 18.1 Å². The van der Waals surface area contributed by atoms with Gasteiger partial charge in [-0.15, -0.1) is 0 Å². The summed E-state index contributed by atoms with van der Waals surface area (Å²) in [5.74, 6) is 1.02. The van der Waals surface area contributed by atoms with Crippen molar-refractivity contribution in [2.75, 3.05) is 11.5 Å². The summed E-state index contributed by atoms with van der Waals surface area (Å²) in [6.45, 7) is 7.03. The normalized spacial score (nSPS) is 11.4. The molecule has 3 heteroatoms. The van der Waals surface area contributed by atoms with Crippen LogP contribution >= 0.6 is 0 Å². The first-order valence-electron chi connectivity index (χ1n) is 7.99. The Bertz CT molecular complexity index is 542. The minimum Gasteiger partial charge on any atom is -0.372 e. The third-order valence-corrected chi connectivity index (χ3v) is 10.2. The van der Waals surface area contributed by atoms with Crippen molar-refractivity contribution in [2.24, 2.45) is 0 Å². The number of hydrogen-bond acceptors (Lipinski definition) is 2. The van der Waals surface area contributed by atoms with Crippen LogP contribution in [0.1, 0.15) is 20.8 Å². The first-order valence-corrected chi connectivity index (χ1v) is 10.8. The van der Waals surface area contributed by atoms with E-state index in [-0.39, 0.29) is 0 Å². The predicted molar refractivity (Wildman–Crippen MR) is 95.4 cm³/mol. The average molecular weight is 299 g/mol. The Kier molecular flexibility index (Phi) is 5.57. The van der Waals surface area contributed by atoms with Crippen LogP contribution in [0, 0.1) is 0 Å². The number of nitrogens with zero attached hydrogens (tertiary/aromatic N) is 1. The summed E-state index contributed by atoms with van der Waals surface area (Å²) in [6.07, 6.45) is 3.00. The SMILES string of the molecule is CC[Si](CC)(CC)CNc1ncccc1-c1ccccc1. The molecule has 1 heterocycles. The van der Waals surface area contributed by atoms with Gasteiger partial charge in [0.1, 0.15) is 5.82 Å². The van der Waals surface area contributed by atoms with E-state index < -0.39 is 8.07 Å². The summed E-state index contributed by atoms with van der Waals surface area (Å²) < 4.78 is 0. The third-order valence-electron chi connectivity index (χ3n) is 4.77. The van der Waals surface area contributed by atoms with Crippen LogP contribution in [0.3, 0.4) is 0 Å². The molecule has 1 aromatic carbocycles. The van der Waals surface area contributed by atoms with E-state index in [0.717, 1.165) is 12.0 Å². The quantitative estimate of drug-likeness (QED) is 0.710. The van der Waals surface area contributed by atoms with E-state index in [0.29, 0.717) is 0 Å². The molecule has 0 atom stereocenters. The number of anilines is 1. The van der Waals surface area contributed by atoms with E-state index in [1.165, 1.54) is 29.3 Å². The van der Waals surface area contributed by atoms with Crippen molar-refractivity contribution in [1.29, 1.82) is 0 Å². The predicted octanol–water partition coefficient (Wildman–Crippen LogP) is 5.21. The van der Waals surface area contributed by atoms with Gasteiger partial charge in [-0.2, -0.15) is 0 Å². The highest BCUT2D eigenvalue weighted by molar-refractivity contribution is 6.80. The zero-order valence-electron chi connectivity index (χ0n) is 13.4. The van der Waals surface area contributed by atoms with Gasteiger partial charge >= 0.3 is 0 Å². The highest BCUT2D eigenvalue weighted by atomic mass is 28.3. The smallest absolute Gasteiger partial charge is 0.133 e. The molecule has 0 aliphatic carbocycles. The van der Waals surface area contributed by atoms with E-state index in [1.807, 2.05) is 12.3 Å². The molecule has 0 aliphatic rings. The Hall–Kier alpha value is -1.61. The van der Waals surface area contributed by atoms with Crippen molar-refractivity contribution < 1.29 is 0 Å². The van der Waals surface area contributed by atoms with Crippen LogP contribution in [-0.2, 0) is 0 Å². The molecule has 21 heavy (non-hydrogen) atoms. The van der Waals surface area contributed by atoms with Crippen molar-refractivity contribution in [3.05, 3.63) is 48.7 Å². The van der Waals surface area contributed by atoms with Gasteiger partial charge in [-0.25, -0.2) is 4.98 Å². The Morgan fingerprint density at radius 3 is 2.19 bits per heavy atom. The molecule has 0 unspecified atom stereocenters. The van der Waals surface area contributed by atoms with E-state index in [9.17, 15) is 0 Å². The van der Waals surface area contributed by atoms with Crippen LogP contribution in [0.15, 0.2) is 48.7 Å². The Morgan fingerprint density at radius 1 is 0.905 bits per heavy atom. The largest absolute Gasteiger partial charge is 0.372 e. The maximum Gasteiger partial charge on any atom is 0.133 e. The number of pyridine rings is 1. The molecule has 1 N–H and O–H groups in total. The zero-order valence-corrected chi connectivity index (χ0v) is 14.4. The van der Waals surface area contributed by atoms with Gasteiger partial charge in [-0.1, -0.05) is 69.2 Å². The highest BCUT2D eigenvalue weighted by Crippen LogP contribution is 2.27. The fourth-order valence-electron chi connectivity index (χ4n) is 2.79. The Morgan fingerprint density at radius 2 is 1.57 bits per heavy atom. The summed E-state index contributed by atoms with van der Waals surface area (Å²) in [7, 11) is -1.18. The van der Waals surface area contributed by atoms with Gasteiger partial charge in [-0.3, -0.25) is 0 Å². The summed E-state index contributed by atoms with van der Waals surface area (Å²) in [4.78, 5) is 4.57. The number of hydrogen-bond donors (Lipinski definition) is 1. The van der Waals surface area contributed by atoms with Gasteiger partial charge in [0.05, 0.1) is 8.07 Å². The van der Waals surface area contributed by atoms with E-state index >= 15 is 0 Å². The molecule has 2 nitrogen and oxygen atoms in total. The van der Waals surface area contributed by atoms with Gasteiger partial charge in [0.15, 0.2) is 0 Å². The summed E-state index contributed by atoms with van der Waals surface area (Å²) >= 11 is 0. The fraction of sp³-hybridized carbons (Fsp3) is 0.389. The molecule has 1 aromatic heterocycles. The minimum absolute atomic E-state index is 1.02. The molecular formula is C18H26N2Si. The molecule has 0 saturated carbocycles. The lowest BCUT2D eigenvalue weighted by Crippen LogP contribution is -2.40. The summed E-state index contributed by atoms with van der Waals surface area (Å²) in [5, 5.41) is 3.66. The summed E-state index contributed by atoms with van der Waals surface area (Å²) in [5.41, 5.74) is 2.43. The molecule has 0 saturated heterocycles. The van der Waals surface area contributed by atoms with E-state index in [1.54, 1.807) is 0 Å². The Balaban J connectivity index is 2.22. The van der Waals surface area contributed by atoms with Crippen molar-refractivity contribution in [3.8, 4) is 11.1 Å². The molecule has 0 aliphatic heterocycles. The van der Waals surface area contributed by atoms with Crippen LogP contribution in [-0.4, -0.2) is 19.2 Å². The minimum atomic E-state index is -1.18. The molecule has 0 bridgehead atoms. The maximum absolute atomic E-state index is 4.57. The first-order chi connectivity index (χ1) is 10.2. The topological polar surface area (TPSA) is 24.9 Å². The van der Waals surface area contributed by atoms with Crippen LogP contribution < -0.4 is 5.32 Å². The molecule has 0 spiro atoms. The standard InChI is InChI=1S/C18H26N2Si/c1-4-21(5-2,6-3)15-20-18-17(13-10-14-19-18)16-11-8-7-9-12-16/h7-14H,4-6,15H2,1-3H3,(H,19,20). The van der Waals surface area contributed by atoms with Crippen LogP contribution in [0.5, 0.6) is 0 Å². The van der Waals surface area contributed by atoms with E-state index in [2.05, 4.69) is 67.5 Å². The van der Waals surface area contributed by atoms with Gasteiger partial charge in [0, 0.05) is 17.9 Å². The van der Waals surface area contributed by atoms with Crippen molar-refractivity contribution in [3.63, 3.8) is 0 Å². The third kappa shape index (κ3) is 3.73. The first kappa shape index (κ1) is 15.8. The maximum atomic E-state index is 4.57. The number of rotatable bonds is 7. The van der Waals surface area contributed by atoms with E-state index in [4.69, 9.17) is 0 Å². The van der Waals surface area contributed by atoms with Gasteiger partial charge in [0.2, 0.25) is 0 Å². The zero-order chi connectivity index (χ0) is 15.1. The second-order valence-corrected chi connectivity index (χ2v) is 11.2. The van der Waals surface area contributed by atoms with Gasteiger partial charge in [0.25, 0.3) is 0 Å². The average Bonchev–Trinajstić information content (AvgIpc) is 2.58. The van der Waals surface area contributed by atoms with Crippen molar-refractivity contribution in [2.45, 2.75) is 38.9 Å². The lowest BCUT2D eigenvalue weighted by molar-refractivity contribution is 1.11.